The molecule has 0 saturated carbocycles. The molecule has 0 spiro atoms. The zero-order chi connectivity index (χ0) is 14.4. The van der Waals surface area contributed by atoms with Gasteiger partial charge in [0.05, 0.1) is 20.2 Å². The first kappa shape index (κ1) is 14.1. The van der Waals surface area contributed by atoms with Crippen LogP contribution in [0.25, 0.3) is 22.4 Å². The van der Waals surface area contributed by atoms with Gasteiger partial charge >= 0.3 is 0 Å². The van der Waals surface area contributed by atoms with Gasteiger partial charge < -0.3 is 9.67 Å². The summed E-state index contributed by atoms with van der Waals surface area (Å²) >= 11 is 4.28. The van der Waals surface area contributed by atoms with Crippen LogP contribution in [0.5, 0.6) is 5.75 Å². The predicted octanol–water partition coefficient (Wildman–Crippen LogP) is 4.29. The molecule has 1 aromatic heterocycles. The van der Waals surface area contributed by atoms with Crippen molar-refractivity contribution in [2.45, 2.75) is 0 Å². The molecule has 0 aliphatic carbocycles. The average Bonchev–Trinajstić information content (AvgIpc) is 2.71. The number of imidazole rings is 1. The Labute approximate surface area is 142 Å². The van der Waals surface area contributed by atoms with Crippen LogP contribution in [0.4, 0.5) is 4.39 Å². The molecule has 0 saturated heterocycles. The van der Waals surface area contributed by atoms with Crippen LogP contribution in [0, 0.1) is 13.0 Å². The van der Waals surface area contributed by atoms with Crippen molar-refractivity contribution in [2.24, 2.45) is 7.05 Å². The van der Waals surface area contributed by atoms with Gasteiger partial charge in [0.25, 0.3) is 0 Å². The zero-order valence-electron chi connectivity index (χ0n) is 10.4. The smallest absolute Gasteiger partial charge is 0.144 e. The Morgan fingerprint density at radius 2 is 1.95 bits per heavy atom. The van der Waals surface area contributed by atoms with Crippen molar-refractivity contribution >= 4 is 56.2 Å². The lowest BCUT2D eigenvalue weighted by Gasteiger charge is -2.07. The number of aryl methyl sites for hydroxylation is 1. The Morgan fingerprint density at radius 1 is 1.20 bits per heavy atom. The standard InChI is InChI=1S/C14H9FI2N2O/c1-19-12-4-7(15)2-3-11(12)18-14(19)9-5-8(16)6-10(17)13(9)20/h2-6,20H,1H3. The first-order valence-electron chi connectivity index (χ1n) is 5.77. The highest BCUT2D eigenvalue weighted by Crippen LogP contribution is 2.35. The minimum absolute atomic E-state index is 0.199. The molecule has 1 N–H and O–H groups in total. The molecule has 0 amide bonds. The van der Waals surface area contributed by atoms with E-state index in [0.29, 0.717) is 22.4 Å². The van der Waals surface area contributed by atoms with Crippen molar-refractivity contribution in [3.05, 3.63) is 43.3 Å². The molecule has 0 aliphatic rings. The minimum Gasteiger partial charge on any atom is -0.506 e. The average molecular weight is 494 g/mol. The Balaban J connectivity index is 2.33. The van der Waals surface area contributed by atoms with Crippen LogP contribution >= 0.6 is 45.2 Å². The van der Waals surface area contributed by atoms with E-state index in [1.165, 1.54) is 12.1 Å². The van der Waals surface area contributed by atoms with Crippen molar-refractivity contribution in [2.75, 3.05) is 0 Å². The lowest BCUT2D eigenvalue weighted by molar-refractivity contribution is 0.472. The van der Waals surface area contributed by atoms with Crippen LogP contribution in [-0.2, 0) is 7.05 Å². The van der Waals surface area contributed by atoms with E-state index in [4.69, 9.17) is 0 Å². The molecule has 0 radical (unpaired) electrons. The molecular formula is C14H9FI2N2O. The van der Waals surface area contributed by atoms with Gasteiger partial charge in [0.1, 0.15) is 17.4 Å². The number of aromatic nitrogens is 2. The molecule has 6 heteroatoms. The van der Waals surface area contributed by atoms with Gasteiger partial charge in [0.2, 0.25) is 0 Å². The quantitative estimate of drug-likeness (QED) is 0.513. The van der Waals surface area contributed by atoms with Crippen molar-refractivity contribution in [1.82, 2.24) is 9.55 Å². The highest BCUT2D eigenvalue weighted by Gasteiger charge is 2.16. The molecular weight excluding hydrogens is 485 g/mol. The summed E-state index contributed by atoms with van der Waals surface area (Å²) in [6.45, 7) is 0. The number of rotatable bonds is 1. The van der Waals surface area contributed by atoms with Gasteiger partial charge in [-0.05, 0) is 75.5 Å². The molecule has 3 rings (SSSR count). The van der Waals surface area contributed by atoms with Gasteiger partial charge in [0, 0.05) is 10.6 Å². The molecule has 102 valence electrons. The molecule has 0 atom stereocenters. The molecule has 0 aliphatic heterocycles. The number of hydrogen-bond donors (Lipinski definition) is 1. The van der Waals surface area contributed by atoms with E-state index in [9.17, 15) is 9.50 Å². The predicted molar refractivity (Wildman–Crippen MR) is 93.2 cm³/mol. The summed E-state index contributed by atoms with van der Waals surface area (Å²) in [5, 5.41) is 10.2. The Morgan fingerprint density at radius 3 is 2.70 bits per heavy atom. The highest BCUT2D eigenvalue weighted by molar-refractivity contribution is 14.1. The van der Waals surface area contributed by atoms with Crippen molar-refractivity contribution < 1.29 is 9.50 Å². The number of nitrogens with zero attached hydrogens (tertiary/aromatic N) is 2. The Hall–Kier alpha value is -0.900. The summed E-state index contributed by atoms with van der Waals surface area (Å²) in [6, 6.07) is 8.24. The van der Waals surface area contributed by atoms with Gasteiger partial charge in [-0.25, -0.2) is 9.37 Å². The topological polar surface area (TPSA) is 38.0 Å². The summed E-state index contributed by atoms with van der Waals surface area (Å²) in [4.78, 5) is 4.50. The van der Waals surface area contributed by atoms with E-state index >= 15 is 0 Å². The first-order valence-corrected chi connectivity index (χ1v) is 7.93. The van der Waals surface area contributed by atoms with Crippen LogP contribution in [0.15, 0.2) is 30.3 Å². The highest BCUT2D eigenvalue weighted by atomic mass is 127. The van der Waals surface area contributed by atoms with Gasteiger partial charge in [-0.2, -0.15) is 0 Å². The van der Waals surface area contributed by atoms with Crippen LogP contribution in [0.2, 0.25) is 0 Å². The molecule has 0 unspecified atom stereocenters. The number of benzene rings is 2. The Bertz CT molecular complexity index is 830. The molecule has 20 heavy (non-hydrogen) atoms. The van der Waals surface area contributed by atoms with Crippen LogP contribution in [0.1, 0.15) is 0 Å². The second kappa shape index (κ2) is 5.14. The van der Waals surface area contributed by atoms with Gasteiger partial charge in [-0.3, -0.25) is 0 Å². The summed E-state index contributed by atoms with van der Waals surface area (Å²) in [5.74, 6) is 0.526. The third-order valence-corrected chi connectivity index (χ3v) is 4.56. The summed E-state index contributed by atoms with van der Waals surface area (Å²) in [5.41, 5.74) is 2.06. The Kier molecular flexibility index (Phi) is 3.61. The van der Waals surface area contributed by atoms with Crippen molar-refractivity contribution in [1.29, 1.82) is 0 Å². The van der Waals surface area contributed by atoms with E-state index in [1.54, 1.807) is 10.6 Å². The van der Waals surface area contributed by atoms with Gasteiger partial charge in [0.15, 0.2) is 0 Å². The van der Waals surface area contributed by atoms with Gasteiger partial charge in [-0.1, -0.05) is 0 Å². The third-order valence-electron chi connectivity index (χ3n) is 3.11. The monoisotopic (exact) mass is 494 g/mol. The maximum absolute atomic E-state index is 13.3. The molecule has 0 fully saturated rings. The lowest BCUT2D eigenvalue weighted by atomic mass is 10.2. The van der Waals surface area contributed by atoms with E-state index in [2.05, 4.69) is 50.2 Å². The first-order chi connectivity index (χ1) is 9.47. The maximum Gasteiger partial charge on any atom is 0.144 e. The number of aromatic hydroxyl groups is 1. The van der Waals surface area contributed by atoms with Crippen molar-refractivity contribution in [3.63, 3.8) is 0 Å². The zero-order valence-corrected chi connectivity index (χ0v) is 14.7. The van der Waals surface area contributed by atoms with E-state index < -0.39 is 0 Å². The fourth-order valence-corrected chi connectivity index (χ4v) is 3.99. The van der Waals surface area contributed by atoms with Crippen LogP contribution in [-0.4, -0.2) is 14.7 Å². The van der Waals surface area contributed by atoms with Crippen LogP contribution in [0.3, 0.4) is 0 Å². The lowest BCUT2D eigenvalue weighted by Crippen LogP contribution is -1.94. The molecule has 3 nitrogen and oxygen atoms in total. The molecule has 2 aromatic carbocycles. The largest absolute Gasteiger partial charge is 0.506 e. The van der Waals surface area contributed by atoms with E-state index in [0.717, 1.165) is 7.14 Å². The second-order valence-electron chi connectivity index (χ2n) is 4.41. The minimum atomic E-state index is -0.298. The summed E-state index contributed by atoms with van der Waals surface area (Å²) < 4.78 is 16.9. The van der Waals surface area contributed by atoms with E-state index in [-0.39, 0.29) is 11.6 Å². The molecule has 1 heterocycles. The summed E-state index contributed by atoms with van der Waals surface area (Å²) in [6.07, 6.45) is 0. The van der Waals surface area contributed by atoms with Crippen molar-refractivity contribution in [3.8, 4) is 17.1 Å². The normalized spacial score (nSPS) is 11.2. The maximum atomic E-state index is 13.3. The van der Waals surface area contributed by atoms with Crippen LogP contribution < -0.4 is 0 Å². The number of fused-ring (bicyclic) bond motifs is 1. The van der Waals surface area contributed by atoms with E-state index in [1.807, 2.05) is 19.2 Å². The second-order valence-corrected chi connectivity index (χ2v) is 6.82. The number of phenolic OH excluding ortho intramolecular Hbond substituents is 1. The number of hydrogen-bond acceptors (Lipinski definition) is 2. The van der Waals surface area contributed by atoms with Gasteiger partial charge in [-0.15, -0.1) is 0 Å². The fourth-order valence-electron chi connectivity index (χ4n) is 2.14. The SMILES string of the molecule is Cn1c(-c2cc(I)cc(I)c2O)nc2ccc(F)cc21. The third kappa shape index (κ3) is 2.28. The molecule has 3 aromatic rings. The summed E-state index contributed by atoms with van der Waals surface area (Å²) in [7, 11) is 1.82. The molecule has 0 bridgehead atoms. The number of phenols is 1. The number of halogens is 3. The fraction of sp³-hybridized carbons (Fsp3) is 0.0714.